The number of allylic oxidation sites excluding steroid dienone is 1. The highest BCUT2D eigenvalue weighted by atomic mass is 19.1. The average molecular weight is 572 g/mol. The third kappa shape index (κ3) is 5.84. The summed E-state index contributed by atoms with van der Waals surface area (Å²) in [7, 11) is 2.16. The zero-order chi connectivity index (χ0) is 29.9. The molecule has 2 N–H and O–H groups in total. The SMILES string of the molecule is C=CC(=C)N1CCC(N2c3c(/C=C/c4ccc(F)cc4)cnc(N)c3C(c3ccc(Cc4ccccc4)cc3)N2C)CC1. The average Bonchev–Trinajstić information content (AvgIpc) is 3.35. The van der Waals surface area contributed by atoms with Crippen LogP contribution < -0.4 is 10.7 Å². The van der Waals surface area contributed by atoms with Gasteiger partial charge in [0.2, 0.25) is 0 Å². The van der Waals surface area contributed by atoms with E-state index < -0.39 is 0 Å². The zero-order valence-corrected chi connectivity index (χ0v) is 24.7. The first kappa shape index (κ1) is 28.4. The summed E-state index contributed by atoms with van der Waals surface area (Å²) in [6.45, 7) is 9.90. The van der Waals surface area contributed by atoms with Gasteiger partial charge in [0.1, 0.15) is 11.6 Å². The van der Waals surface area contributed by atoms with Gasteiger partial charge in [0.25, 0.3) is 0 Å². The molecule has 43 heavy (non-hydrogen) atoms. The van der Waals surface area contributed by atoms with Crippen molar-refractivity contribution in [3.63, 3.8) is 0 Å². The standard InChI is InChI=1S/C37H38FN5/c1-4-26(2)42-22-20-33(21-23-42)43-36-31(17-10-27-13-18-32(38)19-14-27)25-40-37(39)34(36)35(41(43)3)30-15-11-29(12-16-30)24-28-8-6-5-7-9-28/h4-19,25,33,35H,1-2,20-24H2,3H3,(H2,39,40)/b17-10+. The van der Waals surface area contributed by atoms with E-state index in [9.17, 15) is 4.39 Å². The summed E-state index contributed by atoms with van der Waals surface area (Å²) in [5, 5.41) is 4.78. The third-order valence-corrected chi connectivity index (χ3v) is 8.69. The van der Waals surface area contributed by atoms with Gasteiger partial charge in [-0.2, -0.15) is 0 Å². The molecule has 1 fully saturated rings. The van der Waals surface area contributed by atoms with E-state index in [0.717, 1.165) is 60.4 Å². The number of nitrogens with zero attached hydrogens (tertiary/aromatic N) is 4. The fourth-order valence-electron chi connectivity index (χ4n) is 6.42. The van der Waals surface area contributed by atoms with Crippen molar-refractivity contribution < 1.29 is 4.39 Å². The van der Waals surface area contributed by atoms with Gasteiger partial charge in [0.15, 0.2) is 0 Å². The van der Waals surface area contributed by atoms with E-state index in [1.165, 1.54) is 28.8 Å². The van der Waals surface area contributed by atoms with Crippen LogP contribution >= 0.6 is 0 Å². The summed E-state index contributed by atoms with van der Waals surface area (Å²) >= 11 is 0. The Labute approximate surface area is 254 Å². The largest absolute Gasteiger partial charge is 0.383 e. The van der Waals surface area contributed by atoms with Crippen molar-refractivity contribution in [2.24, 2.45) is 0 Å². The maximum atomic E-state index is 13.5. The molecule has 0 aliphatic carbocycles. The monoisotopic (exact) mass is 571 g/mol. The maximum Gasteiger partial charge on any atom is 0.130 e. The summed E-state index contributed by atoms with van der Waals surface area (Å²) in [4.78, 5) is 6.97. The molecule has 218 valence electrons. The minimum atomic E-state index is -0.247. The van der Waals surface area contributed by atoms with Crippen LogP contribution in [0.15, 0.2) is 110 Å². The molecule has 0 spiro atoms. The van der Waals surface area contributed by atoms with Crippen molar-refractivity contribution in [2.75, 3.05) is 30.9 Å². The molecule has 0 saturated carbocycles. The first-order valence-corrected chi connectivity index (χ1v) is 14.9. The quantitative estimate of drug-likeness (QED) is 0.222. The number of rotatable bonds is 8. The number of nitrogens with two attached hydrogens (primary N) is 1. The van der Waals surface area contributed by atoms with Gasteiger partial charge in [0, 0.05) is 49.2 Å². The highest BCUT2D eigenvalue weighted by molar-refractivity contribution is 5.83. The van der Waals surface area contributed by atoms with E-state index in [1.807, 2.05) is 24.4 Å². The third-order valence-electron chi connectivity index (χ3n) is 8.69. The molecule has 0 radical (unpaired) electrons. The van der Waals surface area contributed by atoms with Crippen LogP contribution in [0.1, 0.15) is 52.3 Å². The summed E-state index contributed by atoms with van der Waals surface area (Å²) in [5.74, 6) is 0.294. The van der Waals surface area contributed by atoms with E-state index in [2.05, 4.69) is 94.7 Å². The fraction of sp³-hybridized carbons (Fsp3) is 0.216. The minimum Gasteiger partial charge on any atom is -0.383 e. The predicted octanol–water partition coefficient (Wildman–Crippen LogP) is 7.48. The molecule has 6 heteroatoms. The molecule has 0 bridgehead atoms. The molecule has 1 saturated heterocycles. The Morgan fingerprint density at radius 3 is 2.30 bits per heavy atom. The number of anilines is 2. The van der Waals surface area contributed by atoms with Gasteiger partial charge in [-0.1, -0.05) is 92.0 Å². The second-order valence-electron chi connectivity index (χ2n) is 11.4. The Balaban J connectivity index is 1.37. The zero-order valence-electron chi connectivity index (χ0n) is 24.7. The summed E-state index contributed by atoms with van der Waals surface area (Å²) in [6, 6.07) is 26.2. The number of hydrazine groups is 1. The number of pyridine rings is 1. The molecule has 1 unspecified atom stereocenters. The van der Waals surface area contributed by atoms with Crippen LogP contribution in [0.5, 0.6) is 0 Å². The second-order valence-corrected chi connectivity index (χ2v) is 11.4. The van der Waals surface area contributed by atoms with Gasteiger partial charge < -0.3 is 15.6 Å². The van der Waals surface area contributed by atoms with Crippen LogP contribution in [0.2, 0.25) is 0 Å². The molecule has 5 nitrogen and oxygen atoms in total. The molecule has 4 aromatic rings. The number of fused-ring (bicyclic) bond motifs is 1. The predicted molar refractivity (Wildman–Crippen MR) is 176 cm³/mol. The number of nitrogen functional groups attached to an aromatic ring is 1. The van der Waals surface area contributed by atoms with Crippen LogP contribution in [0.3, 0.4) is 0 Å². The topological polar surface area (TPSA) is 48.6 Å². The first-order chi connectivity index (χ1) is 20.9. The van der Waals surface area contributed by atoms with E-state index in [4.69, 9.17) is 5.73 Å². The van der Waals surface area contributed by atoms with Crippen LogP contribution in [-0.2, 0) is 6.42 Å². The number of likely N-dealkylation sites (tertiary alicyclic amines) is 1. The van der Waals surface area contributed by atoms with Crippen LogP contribution in [0, 0.1) is 5.82 Å². The molecule has 6 rings (SSSR count). The molecule has 1 aromatic heterocycles. The van der Waals surface area contributed by atoms with Crippen molar-refractivity contribution in [3.05, 3.63) is 149 Å². The summed E-state index contributed by atoms with van der Waals surface area (Å²) < 4.78 is 13.5. The number of halogens is 1. The van der Waals surface area contributed by atoms with Gasteiger partial charge in [-0.05, 0) is 59.7 Å². The lowest BCUT2D eigenvalue weighted by Gasteiger charge is -2.42. The molecule has 1 atom stereocenters. The molecule has 3 aromatic carbocycles. The van der Waals surface area contributed by atoms with Crippen molar-refractivity contribution >= 4 is 23.7 Å². The Morgan fingerprint density at radius 2 is 1.63 bits per heavy atom. The van der Waals surface area contributed by atoms with Crippen LogP contribution in [0.4, 0.5) is 15.9 Å². The van der Waals surface area contributed by atoms with Crippen LogP contribution in [0.25, 0.3) is 12.2 Å². The lowest BCUT2D eigenvalue weighted by Crippen LogP contribution is -2.49. The molecule has 2 aliphatic rings. The lowest BCUT2D eigenvalue weighted by molar-refractivity contribution is 0.193. The van der Waals surface area contributed by atoms with E-state index in [0.29, 0.717) is 5.82 Å². The molecule has 3 heterocycles. The fourth-order valence-corrected chi connectivity index (χ4v) is 6.42. The van der Waals surface area contributed by atoms with Gasteiger partial charge in [-0.15, -0.1) is 0 Å². The highest BCUT2D eigenvalue weighted by Gasteiger charge is 2.42. The van der Waals surface area contributed by atoms with Crippen molar-refractivity contribution in [3.8, 4) is 0 Å². The minimum absolute atomic E-state index is 0.0754. The van der Waals surface area contributed by atoms with Crippen molar-refractivity contribution in [1.29, 1.82) is 0 Å². The molecular formula is C37H38FN5. The van der Waals surface area contributed by atoms with Gasteiger partial charge in [0.05, 0.1) is 11.7 Å². The number of hydrogen-bond donors (Lipinski definition) is 1. The lowest BCUT2D eigenvalue weighted by atomic mass is 9.95. The summed E-state index contributed by atoms with van der Waals surface area (Å²) in [6.07, 6.45) is 10.6. The van der Waals surface area contributed by atoms with E-state index in [-0.39, 0.29) is 17.9 Å². The van der Waals surface area contributed by atoms with Gasteiger partial charge in [-0.25, -0.2) is 14.4 Å². The second kappa shape index (κ2) is 12.3. The molecule has 0 amide bonds. The highest BCUT2D eigenvalue weighted by Crippen LogP contribution is 2.49. The van der Waals surface area contributed by atoms with Gasteiger partial charge in [-0.3, -0.25) is 0 Å². The number of aromatic nitrogens is 1. The number of benzene rings is 3. The Morgan fingerprint density at radius 1 is 0.953 bits per heavy atom. The van der Waals surface area contributed by atoms with Crippen molar-refractivity contribution in [1.82, 2.24) is 14.9 Å². The van der Waals surface area contributed by atoms with Crippen molar-refractivity contribution in [2.45, 2.75) is 31.3 Å². The molecular weight excluding hydrogens is 533 g/mol. The number of hydrogen-bond acceptors (Lipinski definition) is 5. The maximum absolute atomic E-state index is 13.5. The summed E-state index contributed by atoms with van der Waals surface area (Å²) in [5.41, 5.74) is 15.4. The normalized spacial score (nSPS) is 17.4. The first-order valence-electron chi connectivity index (χ1n) is 14.9. The van der Waals surface area contributed by atoms with E-state index >= 15 is 0 Å². The van der Waals surface area contributed by atoms with Crippen LogP contribution in [-0.4, -0.2) is 41.1 Å². The van der Waals surface area contributed by atoms with E-state index in [1.54, 1.807) is 12.1 Å². The van der Waals surface area contributed by atoms with Gasteiger partial charge >= 0.3 is 0 Å². The number of piperidine rings is 1. The Bertz CT molecular complexity index is 1620. The molecule has 2 aliphatic heterocycles. The smallest absolute Gasteiger partial charge is 0.130 e. The Hall–Kier alpha value is -4.68. The Kier molecular flexibility index (Phi) is 8.12.